The van der Waals surface area contributed by atoms with Crippen LogP contribution in [0.5, 0.6) is 11.5 Å². The van der Waals surface area contributed by atoms with E-state index in [0.717, 1.165) is 16.8 Å². The van der Waals surface area contributed by atoms with Crippen LogP contribution >= 0.6 is 0 Å². The van der Waals surface area contributed by atoms with E-state index in [1.54, 1.807) is 30.2 Å². The number of benzene rings is 3. The number of anilines is 2. The van der Waals surface area contributed by atoms with Gasteiger partial charge in [0, 0.05) is 24.7 Å². The molecule has 0 radical (unpaired) electrons. The average molecular weight is 460 g/mol. The Hall–Kier alpha value is -4.00. The molecule has 4 rings (SSSR count). The number of ether oxygens (including phenoxy) is 2. The van der Waals surface area contributed by atoms with Crippen molar-refractivity contribution in [3.63, 3.8) is 0 Å². The van der Waals surface area contributed by atoms with E-state index in [-0.39, 0.29) is 18.2 Å². The number of carbonyl (C=O) groups excluding carboxylic acids is 2. The summed E-state index contributed by atoms with van der Waals surface area (Å²) in [6.07, 6.45) is 0.177. The first kappa shape index (κ1) is 23.2. The van der Waals surface area contributed by atoms with E-state index >= 15 is 0 Å². The Balaban J connectivity index is 1.34. The normalized spacial score (nSPS) is 15.2. The number of aryl methyl sites for hydroxylation is 2. The average Bonchev–Trinajstić information content (AvgIpc) is 3.25. The van der Waals surface area contributed by atoms with Gasteiger partial charge in [0.15, 0.2) is 11.5 Å². The van der Waals surface area contributed by atoms with Gasteiger partial charge in [-0.1, -0.05) is 36.4 Å². The molecule has 3 aromatic rings. The third-order valence-electron chi connectivity index (χ3n) is 6.03. The Morgan fingerprint density at radius 2 is 1.79 bits per heavy atom. The van der Waals surface area contributed by atoms with Crippen LogP contribution in [-0.4, -0.2) is 25.5 Å². The highest BCUT2D eigenvalue weighted by molar-refractivity contribution is 6.00. The summed E-state index contributed by atoms with van der Waals surface area (Å²) >= 11 is 0. The molecule has 3 aromatic carbocycles. The van der Waals surface area contributed by atoms with Crippen molar-refractivity contribution in [3.8, 4) is 11.5 Å². The number of nitrogens with zero attached hydrogens (tertiary/aromatic N) is 1. The van der Waals surface area contributed by atoms with Crippen LogP contribution in [0.1, 0.15) is 23.1 Å². The van der Waals surface area contributed by atoms with Gasteiger partial charge in [-0.2, -0.15) is 0 Å². The first-order valence-corrected chi connectivity index (χ1v) is 11.2. The molecule has 176 valence electrons. The molecule has 1 aliphatic heterocycles. The maximum absolute atomic E-state index is 12.7. The van der Waals surface area contributed by atoms with Crippen LogP contribution in [0.2, 0.25) is 0 Å². The molecule has 2 amide bonds. The van der Waals surface area contributed by atoms with E-state index in [1.165, 1.54) is 5.56 Å². The Morgan fingerprint density at radius 1 is 1.00 bits per heavy atom. The summed E-state index contributed by atoms with van der Waals surface area (Å²) in [5.74, 6) is 0.436. The van der Waals surface area contributed by atoms with Crippen LogP contribution in [0.4, 0.5) is 11.4 Å². The highest BCUT2D eigenvalue weighted by Gasteiger charge is 2.35. The fraction of sp³-hybridized carbons (Fsp3) is 0.259. The Labute approximate surface area is 199 Å². The lowest BCUT2D eigenvalue weighted by molar-refractivity contribution is -0.125. The van der Waals surface area contributed by atoms with Crippen LogP contribution < -0.4 is 25.2 Å². The van der Waals surface area contributed by atoms with Gasteiger partial charge >= 0.3 is 0 Å². The highest BCUT2D eigenvalue weighted by atomic mass is 16.5. The second-order valence-electron chi connectivity index (χ2n) is 8.43. The van der Waals surface area contributed by atoms with Crippen molar-refractivity contribution in [3.05, 3.63) is 83.4 Å². The number of rotatable bonds is 8. The number of amides is 2. The summed E-state index contributed by atoms with van der Waals surface area (Å²) in [4.78, 5) is 27.0. The molecule has 1 saturated heterocycles. The van der Waals surface area contributed by atoms with Crippen LogP contribution in [0, 0.1) is 19.8 Å². The predicted molar refractivity (Wildman–Crippen MR) is 132 cm³/mol. The molecule has 0 unspecified atom stereocenters. The Morgan fingerprint density at radius 3 is 2.53 bits per heavy atom. The molecular weight excluding hydrogens is 430 g/mol. The number of hydrogen-bond acceptors (Lipinski definition) is 5. The van der Waals surface area contributed by atoms with E-state index in [0.29, 0.717) is 30.3 Å². The third kappa shape index (κ3) is 5.31. The summed E-state index contributed by atoms with van der Waals surface area (Å²) in [6, 6.07) is 21.1. The molecule has 7 heteroatoms. The standard InChI is InChI=1S/C27H29N3O4/c1-18-9-11-23(13-19(18)2)30-16-21(14-26(30)31)27(32)29-28-22-10-12-24(25(15-22)33-3)34-17-20-7-5-4-6-8-20/h4-13,15,21,28H,14,16-17H2,1-3H3,(H,29,32)/t21-/m0/s1. The number of carbonyl (C=O) groups is 2. The minimum Gasteiger partial charge on any atom is -0.493 e. The molecule has 0 saturated carbocycles. The van der Waals surface area contributed by atoms with Gasteiger partial charge in [-0.15, -0.1) is 0 Å². The zero-order chi connectivity index (χ0) is 24.1. The number of nitrogens with one attached hydrogen (secondary N) is 2. The molecule has 0 spiro atoms. The molecular formula is C27H29N3O4. The molecule has 0 bridgehead atoms. The number of hydrazine groups is 1. The largest absolute Gasteiger partial charge is 0.493 e. The van der Waals surface area contributed by atoms with E-state index < -0.39 is 5.92 Å². The van der Waals surface area contributed by atoms with E-state index in [2.05, 4.69) is 10.9 Å². The number of hydrogen-bond donors (Lipinski definition) is 2. The van der Waals surface area contributed by atoms with Crippen LogP contribution in [0.15, 0.2) is 66.7 Å². The van der Waals surface area contributed by atoms with Crippen molar-refractivity contribution in [2.75, 3.05) is 24.0 Å². The summed E-state index contributed by atoms with van der Waals surface area (Å²) < 4.78 is 11.3. The van der Waals surface area contributed by atoms with Crippen molar-refractivity contribution in [2.45, 2.75) is 26.9 Å². The maximum Gasteiger partial charge on any atom is 0.243 e. The fourth-order valence-corrected chi connectivity index (χ4v) is 3.86. The minimum absolute atomic E-state index is 0.0509. The van der Waals surface area contributed by atoms with Gasteiger partial charge in [0.2, 0.25) is 11.8 Å². The fourth-order valence-electron chi connectivity index (χ4n) is 3.86. The van der Waals surface area contributed by atoms with Gasteiger partial charge in [0.05, 0.1) is 18.7 Å². The SMILES string of the molecule is COc1cc(NNC(=O)[C@H]2CC(=O)N(c3ccc(C)c(C)c3)C2)ccc1OCc1ccccc1. The summed E-state index contributed by atoms with van der Waals surface area (Å²) in [5.41, 5.74) is 10.4. The van der Waals surface area contributed by atoms with Crippen molar-refractivity contribution in [2.24, 2.45) is 5.92 Å². The number of methoxy groups -OCH3 is 1. The van der Waals surface area contributed by atoms with Crippen LogP contribution in [0.25, 0.3) is 0 Å². The molecule has 1 heterocycles. The van der Waals surface area contributed by atoms with E-state index in [9.17, 15) is 9.59 Å². The van der Waals surface area contributed by atoms with Crippen LogP contribution in [0.3, 0.4) is 0 Å². The van der Waals surface area contributed by atoms with Crippen molar-refractivity contribution in [1.82, 2.24) is 5.43 Å². The van der Waals surface area contributed by atoms with Crippen LogP contribution in [-0.2, 0) is 16.2 Å². The summed E-state index contributed by atoms with van der Waals surface area (Å²) in [7, 11) is 1.57. The Kier molecular flexibility index (Phi) is 7.01. The van der Waals surface area contributed by atoms with Gasteiger partial charge in [-0.05, 0) is 54.8 Å². The summed E-state index contributed by atoms with van der Waals surface area (Å²) in [6.45, 7) is 4.82. The van der Waals surface area contributed by atoms with E-state index in [4.69, 9.17) is 9.47 Å². The molecule has 1 atom stereocenters. The molecule has 0 aliphatic carbocycles. The molecule has 2 N–H and O–H groups in total. The van der Waals surface area contributed by atoms with Crippen molar-refractivity contribution < 1.29 is 19.1 Å². The molecule has 1 aliphatic rings. The second kappa shape index (κ2) is 10.3. The zero-order valence-electron chi connectivity index (χ0n) is 19.6. The van der Waals surface area contributed by atoms with Crippen molar-refractivity contribution >= 4 is 23.2 Å². The smallest absolute Gasteiger partial charge is 0.243 e. The van der Waals surface area contributed by atoms with Crippen molar-refractivity contribution in [1.29, 1.82) is 0 Å². The topological polar surface area (TPSA) is 79.9 Å². The molecule has 1 fully saturated rings. The lowest BCUT2D eigenvalue weighted by Gasteiger charge is -2.18. The monoisotopic (exact) mass is 459 g/mol. The first-order chi connectivity index (χ1) is 16.4. The first-order valence-electron chi connectivity index (χ1n) is 11.2. The lowest BCUT2D eigenvalue weighted by Crippen LogP contribution is -2.36. The maximum atomic E-state index is 12.7. The zero-order valence-corrected chi connectivity index (χ0v) is 19.6. The molecule has 7 nitrogen and oxygen atoms in total. The predicted octanol–water partition coefficient (Wildman–Crippen LogP) is 4.39. The minimum atomic E-state index is -0.433. The van der Waals surface area contributed by atoms with Gasteiger partial charge in [-0.25, -0.2) is 0 Å². The summed E-state index contributed by atoms with van der Waals surface area (Å²) in [5, 5.41) is 0. The third-order valence-corrected chi connectivity index (χ3v) is 6.03. The van der Waals surface area contributed by atoms with E-state index in [1.807, 2.05) is 62.4 Å². The van der Waals surface area contributed by atoms with Gasteiger partial charge in [0.1, 0.15) is 6.61 Å². The van der Waals surface area contributed by atoms with Gasteiger partial charge in [-0.3, -0.25) is 20.4 Å². The quantitative estimate of drug-likeness (QED) is 0.489. The highest BCUT2D eigenvalue weighted by Crippen LogP contribution is 2.31. The Bertz CT molecular complexity index is 1180. The van der Waals surface area contributed by atoms with Gasteiger partial charge in [0.25, 0.3) is 0 Å². The second-order valence-corrected chi connectivity index (χ2v) is 8.43. The molecule has 34 heavy (non-hydrogen) atoms. The lowest BCUT2D eigenvalue weighted by atomic mass is 10.1. The molecule has 0 aromatic heterocycles. The van der Waals surface area contributed by atoms with Gasteiger partial charge < -0.3 is 14.4 Å².